The summed E-state index contributed by atoms with van der Waals surface area (Å²) < 4.78 is 13.6. The minimum atomic E-state index is -0.269. The molecule has 1 aromatic carbocycles. The first-order valence-corrected chi connectivity index (χ1v) is 7.06. The van der Waals surface area contributed by atoms with Crippen molar-refractivity contribution in [2.24, 2.45) is 0 Å². The number of hydrogen-bond donors (Lipinski definition) is 1. The molecule has 0 bridgehead atoms. The van der Waals surface area contributed by atoms with E-state index in [2.05, 4.69) is 29.1 Å². The maximum atomic E-state index is 13.6. The van der Waals surface area contributed by atoms with Crippen molar-refractivity contribution >= 4 is 11.3 Å². The number of rotatable bonds is 5. The molecule has 0 amide bonds. The molecule has 0 saturated heterocycles. The van der Waals surface area contributed by atoms with E-state index in [-0.39, 0.29) is 11.9 Å². The predicted octanol–water partition coefficient (Wildman–Crippen LogP) is 3.48. The Hall–Kier alpha value is -1.70. The van der Waals surface area contributed by atoms with Crippen LogP contribution in [-0.2, 0) is 13.0 Å². The van der Waals surface area contributed by atoms with E-state index in [0.29, 0.717) is 17.7 Å². The van der Waals surface area contributed by atoms with Gasteiger partial charge in [-0.2, -0.15) is 16.6 Å². The molecular weight excluding hydrogens is 259 g/mol. The zero-order valence-corrected chi connectivity index (χ0v) is 11.5. The molecule has 0 radical (unpaired) electrons. The minimum absolute atomic E-state index is 0.264. The van der Waals surface area contributed by atoms with Gasteiger partial charge in [0.05, 0.1) is 11.6 Å². The normalized spacial score (nSPS) is 12.1. The summed E-state index contributed by atoms with van der Waals surface area (Å²) in [5.74, 6) is -0.269. The number of nitrogens with one attached hydrogen (secondary N) is 1. The van der Waals surface area contributed by atoms with Gasteiger partial charge in [0.25, 0.3) is 0 Å². The van der Waals surface area contributed by atoms with E-state index in [1.807, 2.05) is 6.07 Å². The van der Waals surface area contributed by atoms with E-state index in [1.54, 1.807) is 17.4 Å². The monoisotopic (exact) mass is 274 g/mol. The van der Waals surface area contributed by atoms with Crippen molar-refractivity contribution in [3.8, 4) is 6.07 Å². The van der Waals surface area contributed by atoms with E-state index in [0.717, 1.165) is 6.42 Å². The van der Waals surface area contributed by atoms with Crippen LogP contribution in [0.4, 0.5) is 4.39 Å². The number of benzene rings is 1. The van der Waals surface area contributed by atoms with Crippen LogP contribution in [0.2, 0.25) is 0 Å². The van der Waals surface area contributed by atoms with E-state index in [1.165, 1.54) is 17.7 Å². The van der Waals surface area contributed by atoms with Gasteiger partial charge in [-0.1, -0.05) is 0 Å². The third-order valence-electron chi connectivity index (χ3n) is 2.94. The second kappa shape index (κ2) is 6.46. The topological polar surface area (TPSA) is 35.8 Å². The van der Waals surface area contributed by atoms with Crippen molar-refractivity contribution in [3.05, 3.63) is 57.5 Å². The molecular formula is C15H15FN2S. The molecule has 1 aromatic heterocycles. The van der Waals surface area contributed by atoms with Gasteiger partial charge < -0.3 is 5.32 Å². The van der Waals surface area contributed by atoms with Crippen LogP contribution >= 0.6 is 11.3 Å². The maximum Gasteiger partial charge on any atom is 0.127 e. The first-order valence-electron chi connectivity index (χ1n) is 6.12. The lowest BCUT2D eigenvalue weighted by Gasteiger charge is -2.13. The van der Waals surface area contributed by atoms with Crippen LogP contribution in [0.3, 0.4) is 0 Å². The Morgan fingerprint density at radius 2 is 2.26 bits per heavy atom. The van der Waals surface area contributed by atoms with Gasteiger partial charge in [0.1, 0.15) is 5.82 Å². The second-order valence-corrected chi connectivity index (χ2v) is 5.32. The number of hydrogen-bond acceptors (Lipinski definition) is 3. The Morgan fingerprint density at radius 3 is 2.95 bits per heavy atom. The number of thiophene rings is 1. The molecule has 1 unspecified atom stereocenters. The van der Waals surface area contributed by atoms with Gasteiger partial charge >= 0.3 is 0 Å². The fraction of sp³-hybridized carbons (Fsp3) is 0.267. The molecule has 2 nitrogen and oxygen atoms in total. The molecule has 19 heavy (non-hydrogen) atoms. The van der Waals surface area contributed by atoms with E-state index in [4.69, 9.17) is 5.26 Å². The average molecular weight is 274 g/mol. The molecule has 2 rings (SSSR count). The molecule has 0 aliphatic carbocycles. The molecule has 1 heterocycles. The fourth-order valence-corrected chi connectivity index (χ4v) is 2.58. The molecule has 1 atom stereocenters. The zero-order valence-electron chi connectivity index (χ0n) is 10.7. The lowest BCUT2D eigenvalue weighted by atomic mass is 10.1. The first kappa shape index (κ1) is 13.7. The minimum Gasteiger partial charge on any atom is -0.310 e. The molecule has 0 aliphatic rings. The molecule has 0 saturated carbocycles. The predicted molar refractivity (Wildman–Crippen MR) is 75.4 cm³/mol. The van der Waals surface area contributed by atoms with Crippen molar-refractivity contribution < 1.29 is 4.39 Å². The van der Waals surface area contributed by atoms with Crippen molar-refractivity contribution in [1.82, 2.24) is 5.32 Å². The van der Waals surface area contributed by atoms with Crippen molar-refractivity contribution in [1.29, 1.82) is 5.26 Å². The van der Waals surface area contributed by atoms with Gasteiger partial charge in [-0.05, 0) is 53.9 Å². The molecule has 1 N–H and O–H groups in total. The lowest BCUT2D eigenvalue weighted by molar-refractivity contribution is 0.525. The summed E-state index contributed by atoms with van der Waals surface area (Å²) in [7, 11) is 0. The first-order chi connectivity index (χ1) is 9.19. The molecule has 0 fully saturated rings. The Kier molecular flexibility index (Phi) is 4.67. The summed E-state index contributed by atoms with van der Waals surface area (Å²) in [5, 5.41) is 16.3. The van der Waals surface area contributed by atoms with Crippen molar-refractivity contribution in [2.45, 2.75) is 25.9 Å². The van der Waals surface area contributed by atoms with E-state index < -0.39 is 0 Å². The summed E-state index contributed by atoms with van der Waals surface area (Å²) in [4.78, 5) is 0. The van der Waals surface area contributed by atoms with Gasteiger partial charge in [0.2, 0.25) is 0 Å². The van der Waals surface area contributed by atoms with Gasteiger partial charge in [-0.25, -0.2) is 4.39 Å². The largest absolute Gasteiger partial charge is 0.310 e. The highest BCUT2D eigenvalue weighted by atomic mass is 32.1. The van der Waals surface area contributed by atoms with E-state index >= 15 is 0 Å². The van der Waals surface area contributed by atoms with Crippen LogP contribution < -0.4 is 5.32 Å². The van der Waals surface area contributed by atoms with Gasteiger partial charge in [-0.15, -0.1) is 0 Å². The SMILES string of the molecule is CC(Cc1ccsc1)NCc1cc(C#N)ccc1F. The Labute approximate surface area is 116 Å². The number of nitrogens with zero attached hydrogens (tertiary/aromatic N) is 1. The molecule has 98 valence electrons. The highest BCUT2D eigenvalue weighted by Crippen LogP contribution is 2.12. The van der Waals surface area contributed by atoms with Crippen LogP contribution in [-0.4, -0.2) is 6.04 Å². The smallest absolute Gasteiger partial charge is 0.127 e. The van der Waals surface area contributed by atoms with Gasteiger partial charge in [-0.3, -0.25) is 0 Å². The van der Waals surface area contributed by atoms with Gasteiger partial charge in [0, 0.05) is 18.2 Å². The van der Waals surface area contributed by atoms with E-state index in [9.17, 15) is 4.39 Å². The fourth-order valence-electron chi connectivity index (χ4n) is 1.90. The summed E-state index contributed by atoms with van der Waals surface area (Å²) in [5.41, 5.74) is 2.32. The molecule has 4 heteroatoms. The van der Waals surface area contributed by atoms with Crippen molar-refractivity contribution in [2.75, 3.05) is 0 Å². The quantitative estimate of drug-likeness (QED) is 0.906. The van der Waals surface area contributed by atoms with Crippen LogP contribution in [0, 0.1) is 17.1 Å². The molecule has 0 spiro atoms. The number of nitriles is 1. The van der Waals surface area contributed by atoms with Crippen molar-refractivity contribution in [3.63, 3.8) is 0 Å². The van der Waals surface area contributed by atoms with Crippen LogP contribution in [0.15, 0.2) is 35.0 Å². The lowest BCUT2D eigenvalue weighted by Crippen LogP contribution is -2.27. The molecule has 0 aliphatic heterocycles. The molecule has 2 aromatic rings. The third-order valence-corrected chi connectivity index (χ3v) is 3.67. The van der Waals surface area contributed by atoms with Crippen LogP contribution in [0.1, 0.15) is 23.6 Å². The summed E-state index contributed by atoms with van der Waals surface area (Å²) in [6.07, 6.45) is 0.920. The standard InChI is InChI=1S/C15H15FN2S/c1-11(6-13-4-5-19-10-13)18-9-14-7-12(8-17)2-3-15(14)16/h2-5,7,10-11,18H,6,9H2,1H3. The van der Waals surface area contributed by atoms with Crippen LogP contribution in [0.5, 0.6) is 0 Å². The average Bonchev–Trinajstić information content (AvgIpc) is 2.90. The summed E-state index contributed by atoms with van der Waals surface area (Å²) in [6.45, 7) is 2.51. The Morgan fingerprint density at radius 1 is 1.42 bits per heavy atom. The summed E-state index contributed by atoms with van der Waals surface area (Å²) in [6, 6.07) is 8.82. The number of halogens is 1. The van der Waals surface area contributed by atoms with Gasteiger partial charge in [0.15, 0.2) is 0 Å². The highest BCUT2D eigenvalue weighted by molar-refractivity contribution is 7.07. The zero-order chi connectivity index (χ0) is 13.7. The Balaban J connectivity index is 1.93. The highest BCUT2D eigenvalue weighted by Gasteiger charge is 2.07. The third kappa shape index (κ3) is 3.88. The Bertz CT molecular complexity index is 572. The maximum absolute atomic E-state index is 13.6. The van der Waals surface area contributed by atoms with Crippen LogP contribution in [0.25, 0.3) is 0 Å². The summed E-state index contributed by atoms with van der Waals surface area (Å²) >= 11 is 1.68. The second-order valence-electron chi connectivity index (χ2n) is 4.54.